The second-order valence-electron chi connectivity index (χ2n) is 4.06. The van der Waals surface area contributed by atoms with Crippen LogP contribution in [0.15, 0.2) is 61.2 Å². The Labute approximate surface area is 123 Å². The first-order chi connectivity index (χ1) is 9.22. The molecule has 0 aliphatic heterocycles. The summed E-state index contributed by atoms with van der Waals surface area (Å²) in [4.78, 5) is 0. The van der Waals surface area contributed by atoms with E-state index in [0.29, 0.717) is 17.4 Å². The van der Waals surface area contributed by atoms with Gasteiger partial charge in [-0.05, 0) is 17.7 Å². The van der Waals surface area contributed by atoms with E-state index in [2.05, 4.69) is 6.58 Å². The lowest BCUT2D eigenvalue weighted by Crippen LogP contribution is -2.00. The van der Waals surface area contributed by atoms with Crippen LogP contribution in [0.3, 0.4) is 0 Å². The molecule has 3 heteroatoms. The van der Waals surface area contributed by atoms with Crippen molar-refractivity contribution in [3.63, 3.8) is 0 Å². The van der Waals surface area contributed by atoms with E-state index in [1.54, 1.807) is 12.1 Å². The summed E-state index contributed by atoms with van der Waals surface area (Å²) in [6.07, 6.45) is 1.69. The van der Waals surface area contributed by atoms with Crippen LogP contribution in [0.25, 0.3) is 0 Å². The number of benzene rings is 2. The van der Waals surface area contributed by atoms with Crippen molar-refractivity contribution in [1.29, 1.82) is 0 Å². The molecule has 1 atom stereocenters. The van der Waals surface area contributed by atoms with Crippen molar-refractivity contribution in [2.75, 3.05) is 6.61 Å². The van der Waals surface area contributed by atoms with Crippen LogP contribution in [0.2, 0.25) is 5.02 Å². The number of ether oxygens (including phenoxy) is 1. The second kappa shape index (κ2) is 6.65. The van der Waals surface area contributed by atoms with Crippen molar-refractivity contribution in [3.8, 4) is 5.75 Å². The maximum Gasteiger partial charge on any atom is 0.126 e. The Kier molecular flexibility index (Phi) is 4.89. The van der Waals surface area contributed by atoms with Crippen LogP contribution in [0.5, 0.6) is 5.75 Å². The highest BCUT2D eigenvalue weighted by Crippen LogP contribution is 2.36. The average molecular weight is 293 g/mol. The van der Waals surface area contributed by atoms with E-state index in [4.69, 9.17) is 27.9 Å². The Morgan fingerprint density at radius 1 is 1.16 bits per heavy atom. The summed E-state index contributed by atoms with van der Waals surface area (Å²) >= 11 is 12.5. The first-order valence-electron chi connectivity index (χ1n) is 5.94. The Morgan fingerprint density at radius 3 is 2.58 bits per heavy atom. The normalized spacial score (nSPS) is 11.9. The summed E-state index contributed by atoms with van der Waals surface area (Å²) in [5, 5.41) is 0.359. The van der Waals surface area contributed by atoms with Gasteiger partial charge in [0.2, 0.25) is 0 Å². The van der Waals surface area contributed by atoms with Crippen LogP contribution in [-0.2, 0) is 0 Å². The van der Waals surface area contributed by atoms with Gasteiger partial charge in [-0.2, -0.15) is 0 Å². The molecular weight excluding hydrogens is 279 g/mol. The predicted octanol–water partition coefficient (Wildman–Crippen LogP) is 5.23. The summed E-state index contributed by atoms with van der Waals surface area (Å²) in [5.74, 6) is 0.691. The maximum atomic E-state index is 6.52. The van der Waals surface area contributed by atoms with E-state index >= 15 is 0 Å². The SMILES string of the molecule is C=CCOc1cc(Cl)ccc1C(Cl)c1ccccc1. The molecule has 2 aromatic rings. The fraction of sp³-hybridized carbons (Fsp3) is 0.125. The van der Waals surface area contributed by atoms with Gasteiger partial charge in [-0.1, -0.05) is 60.7 Å². The fourth-order valence-electron chi connectivity index (χ4n) is 1.79. The van der Waals surface area contributed by atoms with Gasteiger partial charge in [0.15, 0.2) is 0 Å². The molecule has 0 amide bonds. The van der Waals surface area contributed by atoms with E-state index in [9.17, 15) is 0 Å². The third-order valence-corrected chi connectivity index (χ3v) is 3.42. The minimum Gasteiger partial charge on any atom is -0.489 e. The van der Waals surface area contributed by atoms with Gasteiger partial charge in [-0.25, -0.2) is 0 Å². The molecule has 0 aliphatic rings. The standard InChI is InChI=1S/C16H14Cl2O/c1-2-10-19-15-11-13(17)8-9-14(15)16(18)12-6-4-3-5-7-12/h2-9,11,16H,1,10H2. The van der Waals surface area contributed by atoms with Gasteiger partial charge in [0, 0.05) is 10.6 Å². The molecule has 19 heavy (non-hydrogen) atoms. The molecule has 0 bridgehead atoms. The Balaban J connectivity index is 2.35. The van der Waals surface area contributed by atoms with Gasteiger partial charge >= 0.3 is 0 Å². The molecular formula is C16H14Cl2O. The molecule has 2 rings (SSSR count). The number of alkyl halides is 1. The van der Waals surface area contributed by atoms with Crippen molar-refractivity contribution in [2.45, 2.75) is 5.38 Å². The summed E-state index contributed by atoms with van der Waals surface area (Å²) in [6.45, 7) is 4.06. The molecule has 0 saturated carbocycles. The van der Waals surface area contributed by atoms with Gasteiger partial charge < -0.3 is 4.74 Å². The van der Waals surface area contributed by atoms with Crippen molar-refractivity contribution >= 4 is 23.2 Å². The Morgan fingerprint density at radius 2 is 1.89 bits per heavy atom. The summed E-state index contributed by atoms with van der Waals surface area (Å²) in [7, 11) is 0. The molecule has 0 radical (unpaired) electrons. The molecule has 0 N–H and O–H groups in total. The van der Waals surface area contributed by atoms with Crippen LogP contribution in [0, 0.1) is 0 Å². The number of hydrogen-bond donors (Lipinski definition) is 0. The largest absolute Gasteiger partial charge is 0.489 e. The van der Waals surface area contributed by atoms with Gasteiger partial charge in [0.05, 0.1) is 5.38 Å². The van der Waals surface area contributed by atoms with Crippen molar-refractivity contribution in [3.05, 3.63) is 77.3 Å². The minimum absolute atomic E-state index is 0.265. The topological polar surface area (TPSA) is 9.23 Å². The molecule has 1 nitrogen and oxygen atoms in total. The molecule has 2 aromatic carbocycles. The van der Waals surface area contributed by atoms with Crippen LogP contribution < -0.4 is 4.74 Å². The first-order valence-corrected chi connectivity index (χ1v) is 6.76. The van der Waals surface area contributed by atoms with Gasteiger partial charge in [-0.15, -0.1) is 11.6 Å². The van der Waals surface area contributed by atoms with Crippen molar-refractivity contribution < 1.29 is 4.74 Å². The lowest BCUT2D eigenvalue weighted by Gasteiger charge is -2.15. The molecule has 1 unspecified atom stereocenters. The van der Waals surface area contributed by atoms with Gasteiger partial charge in [0.1, 0.15) is 12.4 Å². The molecule has 0 aromatic heterocycles. The van der Waals surface area contributed by atoms with E-state index in [1.807, 2.05) is 42.5 Å². The summed E-state index contributed by atoms with van der Waals surface area (Å²) in [5.41, 5.74) is 1.93. The number of rotatable bonds is 5. The van der Waals surface area contributed by atoms with Crippen LogP contribution in [0.4, 0.5) is 0 Å². The van der Waals surface area contributed by atoms with Crippen LogP contribution >= 0.6 is 23.2 Å². The van der Waals surface area contributed by atoms with Gasteiger partial charge in [0.25, 0.3) is 0 Å². The zero-order chi connectivity index (χ0) is 13.7. The molecule has 98 valence electrons. The highest BCUT2D eigenvalue weighted by Gasteiger charge is 2.16. The molecule has 0 heterocycles. The summed E-state index contributed by atoms with van der Waals surface area (Å²) in [6, 6.07) is 15.4. The zero-order valence-corrected chi connectivity index (χ0v) is 11.9. The van der Waals surface area contributed by atoms with E-state index < -0.39 is 0 Å². The number of halogens is 2. The maximum absolute atomic E-state index is 6.52. The highest BCUT2D eigenvalue weighted by atomic mass is 35.5. The second-order valence-corrected chi connectivity index (χ2v) is 4.93. The third-order valence-electron chi connectivity index (χ3n) is 2.70. The number of hydrogen-bond acceptors (Lipinski definition) is 1. The first kappa shape index (κ1) is 14.0. The third kappa shape index (κ3) is 3.52. The molecule has 0 aliphatic carbocycles. The van der Waals surface area contributed by atoms with E-state index in [-0.39, 0.29) is 5.38 Å². The van der Waals surface area contributed by atoms with Crippen LogP contribution in [-0.4, -0.2) is 6.61 Å². The zero-order valence-electron chi connectivity index (χ0n) is 10.4. The minimum atomic E-state index is -0.265. The lowest BCUT2D eigenvalue weighted by atomic mass is 10.0. The molecule has 0 saturated heterocycles. The highest BCUT2D eigenvalue weighted by molar-refractivity contribution is 6.30. The van der Waals surface area contributed by atoms with Crippen molar-refractivity contribution in [1.82, 2.24) is 0 Å². The van der Waals surface area contributed by atoms with Crippen molar-refractivity contribution in [2.24, 2.45) is 0 Å². The van der Waals surface area contributed by atoms with Gasteiger partial charge in [-0.3, -0.25) is 0 Å². The summed E-state index contributed by atoms with van der Waals surface area (Å²) < 4.78 is 5.62. The van der Waals surface area contributed by atoms with E-state index in [1.165, 1.54) is 0 Å². The van der Waals surface area contributed by atoms with Crippen LogP contribution in [0.1, 0.15) is 16.5 Å². The molecule has 0 spiro atoms. The lowest BCUT2D eigenvalue weighted by molar-refractivity contribution is 0.359. The predicted molar refractivity (Wildman–Crippen MR) is 81.3 cm³/mol. The van der Waals surface area contributed by atoms with E-state index in [0.717, 1.165) is 11.1 Å². The quantitative estimate of drug-likeness (QED) is 0.541. The Hall–Kier alpha value is -1.44. The monoisotopic (exact) mass is 292 g/mol. The molecule has 0 fully saturated rings. The Bertz CT molecular complexity index is 552. The smallest absolute Gasteiger partial charge is 0.126 e. The average Bonchev–Trinajstić information content (AvgIpc) is 2.45. The fourth-order valence-corrected chi connectivity index (χ4v) is 2.28.